The molecular weight excluding hydrogens is 300 g/mol. The maximum absolute atomic E-state index is 11.0. The van der Waals surface area contributed by atoms with Gasteiger partial charge in [-0.15, -0.1) is 0 Å². The van der Waals surface area contributed by atoms with Crippen LogP contribution in [0, 0.1) is 0 Å². The Morgan fingerprint density at radius 1 is 1.50 bits per heavy atom. The first-order valence-corrected chi connectivity index (χ1v) is 6.70. The number of carboxylic acids is 1. The first kappa shape index (κ1) is 13.3. The average Bonchev–Trinajstić information content (AvgIpc) is 2.84. The van der Waals surface area contributed by atoms with Gasteiger partial charge in [-0.25, -0.2) is 9.78 Å². The SMILES string of the molecule is O=C(O)c1cc(Br)cnc1OCCN1CCCC1. The molecule has 2 rings (SSSR count). The molecule has 0 aromatic carbocycles. The van der Waals surface area contributed by atoms with Gasteiger partial charge in [0.05, 0.1) is 0 Å². The van der Waals surface area contributed by atoms with Crippen LogP contribution in [0.25, 0.3) is 0 Å². The van der Waals surface area contributed by atoms with Crippen molar-refractivity contribution in [3.8, 4) is 5.88 Å². The van der Waals surface area contributed by atoms with Crippen molar-refractivity contribution in [3.63, 3.8) is 0 Å². The van der Waals surface area contributed by atoms with E-state index in [2.05, 4.69) is 25.8 Å². The van der Waals surface area contributed by atoms with Gasteiger partial charge in [-0.2, -0.15) is 0 Å². The Labute approximate surface area is 114 Å². The molecule has 0 aliphatic carbocycles. The molecule has 18 heavy (non-hydrogen) atoms. The van der Waals surface area contributed by atoms with Crippen LogP contribution in [0.15, 0.2) is 16.7 Å². The van der Waals surface area contributed by atoms with Crippen LogP contribution < -0.4 is 4.74 Å². The molecule has 0 atom stereocenters. The fourth-order valence-electron chi connectivity index (χ4n) is 1.97. The van der Waals surface area contributed by atoms with Gasteiger partial charge in [-0.1, -0.05) is 0 Å². The minimum absolute atomic E-state index is 0.0887. The predicted octanol–water partition coefficient (Wildman–Crippen LogP) is 2.02. The number of hydrogen-bond donors (Lipinski definition) is 1. The Morgan fingerprint density at radius 3 is 2.89 bits per heavy atom. The molecule has 98 valence electrons. The fraction of sp³-hybridized carbons (Fsp3) is 0.500. The summed E-state index contributed by atoms with van der Waals surface area (Å²) >= 11 is 3.20. The molecule has 0 saturated carbocycles. The van der Waals surface area contributed by atoms with E-state index in [1.807, 2.05) is 0 Å². The number of carboxylic acid groups (broad SMARTS) is 1. The van der Waals surface area contributed by atoms with Crippen molar-refractivity contribution in [3.05, 3.63) is 22.3 Å². The summed E-state index contributed by atoms with van der Waals surface area (Å²) in [6.07, 6.45) is 4.01. The summed E-state index contributed by atoms with van der Waals surface area (Å²) in [6, 6.07) is 1.50. The summed E-state index contributed by atoms with van der Waals surface area (Å²) in [5, 5.41) is 9.05. The number of rotatable bonds is 5. The zero-order valence-electron chi connectivity index (χ0n) is 9.93. The second-order valence-electron chi connectivity index (χ2n) is 4.21. The Kier molecular flexibility index (Phi) is 4.54. The van der Waals surface area contributed by atoms with Crippen molar-refractivity contribution in [2.45, 2.75) is 12.8 Å². The van der Waals surface area contributed by atoms with Crippen LogP contribution in [0.2, 0.25) is 0 Å². The minimum Gasteiger partial charge on any atom is -0.477 e. The summed E-state index contributed by atoms with van der Waals surface area (Å²) in [6.45, 7) is 3.48. The molecule has 1 aromatic heterocycles. The summed E-state index contributed by atoms with van der Waals surface area (Å²) < 4.78 is 6.09. The number of hydrogen-bond acceptors (Lipinski definition) is 4. The second-order valence-corrected chi connectivity index (χ2v) is 5.12. The third-order valence-corrected chi connectivity index (χ3v) is 3.33. The smallest absolute Gasteiger partial charge is 0.341 e. The molecule has 2 heterocycles. The van der Waals surface area contributed by atoms with E-state index >= 15 is 0 Å². The lowest BCUT2D eigenvalue weighted by Gasteiger charge is -2.15. The standard InChI is InChI=1S/C12H15BrN2O3/c13-9-7-10(12(16)17)11(14-8-9)18-6-5-15-3-1-2-4-15/h7-8H,1-6H2,(H,16,17). The largest absolute Gasteiger partial charge is 0.477 e. The lowest BCUT2D eigenvalue weighted by molar-refractivity contribution is 0.0690. The van der Waals surface area contributed by atoms with Gasteiger partial charge in [0.2, 0.25) is 5.88 Å². The maximum Gasteiger partial charge on any atom is 0.341 e. The summed E-state index contributed by atoms with van der Waals surface area (Å²) in [4.78, 5) is 17.3. The number of ether oxygens (including phenoxy) is 1. The number of pyridine rings is 1. The molecule has 0 unspecified atom stereocenters. The molecule has 1 N–H and O–H groups in total. The average molecular weight is 315 g/mol. The minimum atomic E-state index is -1.03. The Hall–Kier alpha value is -1.14. The van der Waals surface area contributed by atoms with E-state index in [0.29, 0.717) is 11.1 Å². The molecule has 0 amide bonds. The van der Waals surface area contributed by atoms with Crippen LogP contribution in [-0.4, -0.2) is 47.2 Å². The molecule has 6 heteroatoms. The summed E-state index contributed by atoms with van der Waals surface area (Å²) in [5.41, 5.74) is 0.0887. The number of halogens is 1. The number of aromatic carboxylic acids is 1. The van der Waals surface area contributed by atoms with Gasteiger partial charge >= 0.3 is 5.97 Å². The van der Waals surface area contributed by atoms with Crippen molar-refractivity contribution >= 4 is 21.9 Å². The molecule has 0 spiro atoms. The quantitative estimate of drug-likeness (QED) is 0.901. The third kappa shape index (κ3) is 3.43. The number of aromatic nitrogens is 1. The van der Waals surface area contributed by atoms with Crippen molar-refractivity contribution in [1.82, 2.24) is 9.88 Å². The zero-order chi connectivity index (χ0) is 13.0. The molecule has 5 nitrogen and oxygen atoms in total. The lowest BCUT2D eigenvalue weighted by Crippen LogP contribution is -2.25. The first-order valence-electron chi connectivity index (χ1n) is 5.91. The van der Waals surface area contributed by atoms with Crippen molar-refractivity contribution in [2.24, 2.45) is 0 Å². The van der Waals surface area contributed by atoms with Crippen LogP contribution in [0.1, 0.15) is 23.2 Å². The molecular formula is C12H15BrN2O3. The third-order valence-electron chi connectivity index (χ3n) is 2.89. The molecule has 1 aliphatic rings. The van der Waals surface area contributed by atoms with E-state index in [1.54, 1.807) is 0 Å². The van der Waals surface area contributed by atoms with Crippen LogP contribution in [0.5, 0.6) is 5.88 Å². The summed E-state index contributed by atoms with van der Waals surface area (Å²) in [7, 11) is 0. The maximum atomic E-state index is 11.0. The van der Waals surface area contributed by atoms with Crippen LogP contribution in [-0.2, 0) is 0 Å². The van der Waals surface area contributed by atoms with Crippen LogP contribution in [0.4, 0.5) is 0 Å². The Balaban J connectivity index is 1.93. The van der Waals surface area contributed by atoms with Gasteiger partial charge < -0.3 is 9.84 Å². The monoisotopic (exact) mass is 314 g/mol. The summed E-state index contributed by atoms with van der Waals surface area (Å²) in [5.74, 6) is -0.843. The van der Waals surface area contributed by atoms with Gasteiger partial charge in [0.15, 0.2) is 0 Å². The lowest BCUT2D eigenvalue weighted by atomic mass is 10.3. The molecule has 1 aromatic rings. The van der Waals surface area contributed by atoms with Crippen molar-refractivity contribution in [1.29, 1.82) is 0 Å². The molecule has 0 bridgehead atoms. The van der Waals surface area contributed by atoms with E-state index in [0.717, 1.165) is 19.6 Å². The van der Waals surface area contributed by atoms with Crippen molar-refractivity contribution < 1.29 is 14.6 Å². The number of carbonyl (C=O) groups is 1. The van der Waals surface area contributed by atoms with Gasteiger partial charge in [-0.3, -0.25) is 4.90 Å². The van der Waals surface area contributed by atoms with E-state index in [4.69, 9.17) is 9.84 Å². The topological polar surface area (TPSA) is 62.7 Å². The normalized spacial score (nSPS) is 15.8. The van der Waals surface area contributed by atoms with Gasteiger partial charge in [0.1, 0.15) is 12.2 Å². The number of nitrogens with zero attached hydrogens (tertiary/aromatic N) is 2. The highest BCUT2D eigenvalue weighted by Gasteiger charge is 2.15. The van der Waals surface area contributed by atoms with E-state index < -0.39 is 5.97 Å². The van der Waals surface area contributed by atoms with E-state index in [1.165, 1.54) is 25.1 Å². The van der Waals surface area contributed by atoms with E-state index in [9.17, 15) is 4.79 Å². The Morgan fingerprint density at radius 2 is 2.22 bits per heavy atom. The van der Waals surface area contributed by atoms with E-state index in [-0.39, 0.29) is 11.4 Å². The second kappa shape index (κ2) is 6.15. The zero-order valence-corrected chi connectivity index (χ0v) is 11.5. The molecule has 1 saturated heterocycles. The first-order chi connectivity index (χ1) is 8.66. The van der Waals surface area contributed by atoms with Crippen LogP contribution in [0.3, 0.4) is 0 Å². The molecule has 1 fully saturated rings. The van der Waals surface area contributed by atoms with Crippen LogP contribution >= 0.6 is 15.9 Å². The van der Waals surface area contributed by atoms with Gasteiger partial charge in [-0.05, 0) is 47.9 Å². The predicted molar refractivity (Wildman–Crippen MR) is 70.1 cm³/mol. The van der Waals surface area contributed by atoms with Crippen molar-refractivity contribution in [2.75, 3.05) is 26.2 Å². The Bertz CT molecular complexity index is 433. The van der Waals surface area contributed by atoms with Gasteiger partial charge in [0, 0.05) is 17.2 Å². The highest BCUT2D eigenvalue weighted by atomic mass is 79.9. The highest BCUT2D eigenvalue weighted by Crippen LogP contribution is 2.20. The fourth-order valence-corrected chi connectivity index (χ4v) is 2.30. The molecule has 0 radical (unpaired) electrons. The molecule has 1 aliphatic heterocycles. The van der Waals surface area contributed by atoms with Gasteiger partial charge in [0.25, 0.3) is 0 Å². The highest BCUT2D eigenvalue weighted by molar-refractivity contribution is 9.10. The number of likely N-dealkylation sites (tertiary alicyclic amines) is 1.